The Morgan fingerprint density at radius 3 is 2.11 bits per heavy atom. The third-order valence-corrected chi connectivity index (χ3v) is 5.37. The van der Waals surface area contributed by atoms with Crippen LogP contribution in [0.4, 0.5) is 0 Å². The van der Waals surface area contributed by atoms with Crippen molar-refractivity contribution in [1.29, 1.82) is 0 Å². The third-order valence-electron chi connectivity index (χ3n) is 4.17. The summed E-state index contributed by atoms with van der Waals surface area (Å²) in [5.74, 6) is -2.66. The number of carbonyl (C=O) groups excluding carboxylic acids is 1. The number of rotatable bonds is 4. The van der Waals surface area contributed by atoms with Gasteiger partial charge in [0.15, 0.2) is 11.5 Å². The zero-order valence-corrected chi connectivity index (χ0v) is 17.1. The number of aliphatic hydroxyl groups excluding tert-OH is 2. The van der Waals surface area contributed by atoms with Gasteiger partial charge in [0.1, 0.15) is 44.6 Å². The van der Waals surface area contributed by atoms with Crippen molar-refractivity contribution in [2.24, 2.45) is 0 Å². The van der Waals surface area contributed by atoms with Crippen molar-refractivity contribution in [3.63, 3.8) is 0 Å². The molecule has 28 heavy (non-hydrogen) atoms. The Hall–Kier alpha value is -1.94. The van der Waals surface area contributed by atoms with Crippen LogP contribution >= 0.6 is 31.9 Å². The van der Waals surface area contributed by atoms with E-state index in [2.05, 4.69) is 31.9 Å². The van der Waals surface area contributed by atoms with Crippen LogP contribution < -0.4 is 10.9 Å². The number of ketones is 1. The maximum atomic E-state index is 13.2. The Morgan fingerprint density at radius 2 is 1.57 bits per heavy atom. The molecule has 11 heteroatoms. The molecule has 1 unspecified atom stereocenters. The van der Waals surface area contributed by atoms with Crippen LogP contribution in [0.5, 0.6) is 17.2 Å². The van der Waals surface area contributed by atoms with Crippen LogP contribution in [-0.4, -0.2) is 53.6 Å². The second-order valence-electron chi connectivity index (χ2n) is 5.89. The average molecular weight is 508 g/mol. The molecule has 3 aromatic rings. The van der Waals surface area contributed by atoms with E-state index in [0.29, 0.717) is 0 Å². The zero-order chi connectivity index (χ0) is 20.9. The van der Waals surface area contributed by atoms with E-state index in [-0.39, 0.29) is 53.5 Å². The minimum atomic E-state index is -1.60. The Labute approximate surface area is 177 Å². The Kier molecular flexibility index (Phi) is 5.55. The molecule has 0 aliphatic heterocycles. The molecule has 0 saturated heterocycles. The molecule has 0 saturated carbocycles. The third kappa shape index (κ3) is 3.12. The fourth-order valence-corrected chi connectivity index (χ4v) is 3.95. The summed E-state index contributed by atoms with van der Waals surface area (Å²) in [7, 11) is 11.6. The number of aromatic hydroxyl groups is 3. The van der Waals surface area contributed by atoms with E-state index in [1.807, 2.05) is 0 Å². The Balaban J connectivity index is 2.40. The number of fused-ring (bicyclic) bond motifs is 1. The minimum Gasteiger partial charge on any atom is -0.506 e. The van der Waals surface area contributed by atoms with Crippen LogP contribution in [0.15, 0.2) is 25.5 Å². The highest BCUT2D eigenvalue weighted by molar-refractivity contribution is 9.11. The molecule has 2 aromatic carbocycles. The Morgan fingerprint density at radius 1 is 1.04 bits per heavy atom. The summed E-state index contributed by atoms with van der Waals surface area (Å²) >= 11 is 6.25. The van der Waals surface area contributed by atoms with Gasteiger partial charge >= 0.3 is 0 Å². The van der Waals surface area contributed by atoms with Crippen LogP contribution in [0.3, 0.4) is 0 Å². The number of carbonyl (C=O) groups is 1. The van der Waals surface area contributed by atoms with Gasteiger partial charge in [0, 0.05) is 10.9 Å². The second-order valence-corrected chi connectivity index (χ2v) is 7.59. The molecule has 0 spiro atoms. The van der Waals surface area contributed by atoms with Crippen molar-refractivity contribution in [3.8, 4) is 17.2 Å². The normalized spacial score (nSPS) is 12.4. The number of phenols is 3. The highest BCUT2D eigenvalue weighted by Crippen LogP contribution is 2.37. The first-order valence-electron chi connectivity index (χ1n) is 7.66. The van der Waals surface area contributed by atoms with Gasteiger partial charge in [-0.25, -0.2) is 0 Å². The van der Waals surface area contributed by atoms with E-state index in [4.69, 9.17) is 20.1 Å². The van der Waals surface area contributed by atoms with E-state index >= 15 is 0 Å². The van der Waals surface area contributed by atoms with Crippen molar-refractivity contribution < 1.29 is 34.7 Å². The van der Waals surface area contributed by atoms with Crippen molar-refractivity contribution in [2.45, 2.75) is 6.10 Å². The molecule has 3 rings (SSSR count). The first kappa shape index (κ1) is 20.8. The number of benzene rings is 2. The standard InChI is InChI=1S/C17H10B2Br2O7/c18-10-8-9(12(24)4-1-5(20)13(25)6(21)2-4)16(7(23)3-22)28-17(8)11(19)15(27)14(10)26/h1-2,7,22-23,25-27H,3H2. The van der Waals surface area contributed by atoms with Crippen LogP contribution in [0.1, 0.15) is 27.8 Å². The van der Waals surface area contributed by atoms with Crippen LogP contribution in [0.25, 0.3) is 11.0 Å². The quantitative estimate of drug-likeness (QED) is 0.202. The first-order valence-corrected chi connectivity index (χ1v) is 9.25. The minimum absolute atomic E-state index is 0.0659. The fraction of sp³-hybridized carbons (Fsp3) is 0.118. The van der Waals surface area contributed by atoms with E-state index in [0.717, 1.165) is 0 Å². The number of phenolic OH excluding ortho intramolecular Hbond substituents is 3. The van der Waals surface area contributed by atoms with E-state index in [1.54, 1.807) is 0 Å². The smallest absolute Gasteiger partial charge is 0.197 e. The average Bonchev–Trinajstić information content (AvgIpc) is 3.07. The zero-order valence-electron chi connectivity index (χ0n) is 13.9. The molecule has 0 aliphatic rings. The Bertz CT molecular complexity index is 1100. The molecule has 0 amide bonds. The largest absolute Gasteiger partial charge is 0.506 e. The van der Waals surface area contributed by atoms with Gasteiger partial charge < -0.3 is 29.9 Å². The highest BCUT2D eigenvalue weighted by Gasteiger charge is 2.30. The highest BCUT2D eigenvalue weighted by atomic mass is 79.9. The second kappa shape index (κ2) is 7.47. The van der Waals surface area contributed by atoms with Crippen molar-refractivity contribution in [2.75, 3.05) is 6.61 Å². The lowest BCUT2D eigenvalue weighted by molar-refractivity contribution is 0.0768. The maximum absolute atomic E-state index is 13.2. The van der Waals surface area contributed by atoms with Gasteiger partial charge in [-0.05, 0) is 54.9 Å². The molecular weight excluding hydrogens is 498 g/mol. The number of hydrogen-bond donors (Lipinski definition) is 5. The van der Waals surface area contributed by atoms with Crippen molar-refractivity contribution in [3.05, 3.63) is 38.0 Å². The number of furan rings is 1. The molecule has 1 atom stereocenters. The topological polar surface area (TPSA) is 131 Å². The summed E-state index contributed by atoms with van der Waals surface area (Å²) in [6.45, 7) is -0.777. The molecular formula is C17H10B2Br2O7. The van der Waals surface area contributed by atoms with Crippen LogP contribution in [0, 0.1) is 0 Å². The predicted molar refractivity (Wildman–Crippen MR) is 109 cm³/mol. The molecule has 0 bridgehead atoms. The van der Waals surface area contributed by atoms with E-state index < -0.39 is 30.0 Å². The maximum Gasteiger partial charge on any atom is 0.197 e. The molecule has 1 aromatic heterocycles. The van der Waals surface area contributed by atoms with Gasteiger partial charge in [0.2, 0.25) is 0 Å². The molecule has 7 nitrogen and oxygen atoms in total. The van der Waals surface area contributed by atoms with Crippen molar-refractivity contribution in [1.82, 2.24) is 0 Å². The molecule has 0 aliphatic carbocycles. The lowest BCUT2D eigenvalue weighted by Crippen LogP contribution is -2.16. The lowest BCUT2D eigenvalue weighted by atomic mass is 9.81. The van der Waals surface area contributed by atoms with Gasteiger partial charge in [-0.15, -0.1) is 0 Å². The van der Waals surface area contributed by atoms with E-state index in [1.165, 1.54) is 12.1 Å². The lowest BCUT2D eigenvalue weighted by Gasteiger charge is -2.10. The summed E-state index contributed by atoms with van der Waals surface area (Å²) in [6, 6.07) is 2.66. The fourth-order valence-electron chi connectivity index (χ4n) is 2.76. The van der Waals surface area contributed by atoms with E-state index in [9.17, 15) is 30.3 Å². The number of halogens is 2. The molecule has 5 N–H and O–H groups in total. The summed E-state index contributed by atoms with van der Waals surface area (Å²) in [6.07, 6.45) is -1.60. The predicted octanol–water partition coefficient (Wildman–Crippen LogP) is 0.919. The molecule has 1 heterocycles. The summed E-state index contributed by atoms with van der Waals surface area (Å²) < 4.78 is 5.88. The van der Waals surface area contributed by atoms with Crippen LogP contribution in [-0.2, 0) is 0 Å². The molecule has 4 radical (unpaired) electrons. The van der Waals surface area contributed by atoms with Gasteiger partial charge in [-0.3, -0.25) is 4.79 Å². The molecule has 140 valence electrons. The van der Waals surface area contributed by atoms with Gasteiger partial charge in [-0.1, -0.05) is 0 Å². The van der Waals surface area contributed by atoms with Gasteiger partial charge in [-0.2, -0.15) is 0 Å². The SMILES string of the molecule is [B]c1c(O)c(O)c([B])c2c(C(=O)c3cc(Br)c(O)c(Br)c3)c(C(O)CO)oc12. The molecule has 0 fully saturated rings. The summed E-state index contributed by atoms with van der Waals surface area (Å²) in [5, 5.41) is 49.1. The van der Waals surface area contributed by atoms with Gasteiger partial charge in [0.25, 0.3) is 0 Å². The first-order chi connectivity index (χ1) is 13.1. The summed E-state index contributed by atoms with van der Waals surface area (Å²) in [4.78, 5) is 13.2. The monoisotopic (exact) mass is 506 g/mol. The van der Waals surface area contributed by atoms with Gasteiger partial charge in [0.05, 0.1) is 21.1 Å². The van der Waals surface area contributed by atoms with Crippen LogP contribution in [0.2, 0.25) is 0 Å². The van der Waals surface area contributed by atoms with Crippen molar-refractivity contribution >= 4 is 75.2 Å². The number of hydrogen-bond acceptors (Lipinski definition) is 7. The summed E-state index contributed by atoms with van der Waals surface area (Å²) in [5.41, 5.74) is -1.19. The number of aliphatic hydroxyl groups is 2.